The Morgan fingerprint density at radius 2 is 2.08 bits per heavy atom. The first kappa shape index (κ1) is 17.4. The summed E-state index contributed by atoms with van der Waals surface area (Å²) in [6.07, 6.45) is 7.32. The molecule has 1 saturated carbocycles. The smallest absolute Gasteiger partial charge is 0.138 e. The lowest BCUT2D eigenvalue weighted by atomic mass is 9.89. The highest BCUT2D eigenvalue weighted by atomic mass is 35.5. The lowest BCUT2D eigenvalue weighted by molar-refractivity contribution is 0.162. The zero-order valence-corrected chi connectivity index (χ0v) is 15.0. The van der Waals surface area contributed by atoms with E-state index < -0.39 is 0 Å². The van der Waals surface area contributed by atoms with E-state index in [9.17, 15) is 0 Å². The Bertz CT molecular complexity index is 630. The molecule has 6 heteroatoms. The van der Waals surface area contributed by atoms with Crippen molar-refractivity contribution < 1.29 is 0 Å². The number of halogens is 1. The van der Waals surface area contributed by atoms with Gasteiger partial charge in [0.25, 0.3) is 0 Å². The summed E-state index contributed by atoms with van der Waals surface area (Å²) < 4.78 is 1.80. The van der Waals surface area contributed by atoms with Gasteiger partial charge in [0.1, 0.15) is 12.7 Å². The first-order chi connectivity index (χ1) is 11.2. The highest BCUT2D eigenvalue weighted by Crippen LogP contribution is 2.34. The van der Waals surface area contributed by atoms with Gasteiger partial charge in [-0.1, -0.05) is 19.1 Å². The summed E-state index contributed by atoms with van der Waals surface area (Å²) in [6.45, 7) is 7.01. The van der Waals surface area contributed by atoms with Crippen LogP contribution in [0.5, 0.6) is 0 Å². The third kappa shape index (κ3) is 3.97. The molecular formula is C18H26ClN5. The number of nitrogens with one attached hydrogen (secondary N) is 1. The van der Waals surface area contributed by atoms with Crippen LogP contribution in [-0.4, -0.2) is 45.3 Å². The Morgan fingerprint density at radius 3 is 2.67 bits per heavy atom. The Kier molecular flexibility index (Phi) is 5.23. The van der Waals surface area contributed by atoms with E-state index >= 15 is 0 Å². The van der Waals surface area contributed by atoms with Crippen molar-refractivity contribution in [2.24, 2.45) is 5.41 Å². The molecule has 2 aromatic rings. The SMILES string of the molecule is CC1(CN(Cc2ccc(-n3cncn3)cc2)C2CC2)CCNC1.Cl. The third-order valence-electron chi connectivity index (χ3n) is 5.11. The predicted octanol–water partition coefficient (Wildman–Crippen LogP) is 2.65. The summed E-state index contributed by atoms with van der Waals surface area (Å²) in [5, 5.41) is 7.70. The predicted molar refractivity (Wildman–Crippen MR) is 97.6 cm³/mol. The van der Waals surface area contributed by atoms with Crippen LogP contribution in [0.25, 0.3) is 5.69 Å². The van der Waals surface area contributed by atoms with Crippen LogP contribution in [-0.2, 0) is 6.54 Å². The molecule has 0 amide bonds. The molecule has 24 heavy (non-hydrogen) atoms. The van der Waals surface area contributed by atoms with Gasteiger partial charge in [-0.05, 0) is 48.9 Å². The maximum atomic E-state index is 4.18. The van der Waals surface area contributed by atoms with E-state index in [1.165, 1.54) is 37.9 Å². The van der Waals surface area contributed by atoms with Crippen molar-refractivity contribution in [1.82, 2.24) is 25.0 Å². The van der Waals surface area contributed by atoms with E-state index in [-0.39, 0.29) is 12.4 Å². The molecule has 1 aromatic carbocycles. The van der Waals surface area contributed by atoms with Gasteiger partial charge in [0.05, 0.1) is 5.69 Å². The van der Waals surface area contributed by atoms with Gasteiger partial charge in [-0.3, -0.25) is 4.90 Å². The summed E-state index contributed by atoms with van der Waals surface area (Å²) in [4.78, 5) is 6.70. The molecule has 1 aliphatic heterocycles. The third-order valence-corrected chi connectivity index (χ3v) is 5.11. The fourth-order valence-corrected chi connectivity index (χ4v) is 3.58. The molecule has 2 aliphatic rings. The molecule has 1 N–H and O–H groups in total. The molecule has 1 atom stereocenters. The topological polar surface area (TPSA) is 46.0 Å². The van der Waals surface area contributed by atoms with Gasteiger partial charge in [-0.15, -0.1) is 12.4 Å². The first-order valence-electron chi connectivity index (χ1n) is 8.61. The Labute approximate surface area is 149 Å². The number of nitrogens with zero attached hydrogens (tertiary/aromatic N) is 4. The van der Waals surface area contributed by atoms with E-state index in [2.05, 4.69) is 51.5 Å². The lowest BCUT2D eigenvalue weighted by Gasteiger charge is -2.32. The maximum absolute atomic E-state index is 4.18. The second kappa shape index (κ2) is 7.21. The summed E-state index contributed by atoms with van der Waals surface area (Å²) in [6, 6.07) is 9.51. The Morgan fingerprint density at radius 1 is 1.29 bits per heavy atom. The summed E-state index contributed by atoms with van der Waals surface area (Å²) in [5.41, 5.74) is 2.88. The second-order valence-electron chi connectivity index (χ2n) is 7.38. The molecule has 0 bridgehead atoms. The van der Waals surface area contributed by atoms with Crippen LogP contribution in [0.4, 0.5) is 0 Å². The molecule has 0 spiro atoms. The zero-order valence-electron chi connectivity index (χ0n) is 14.2. The molecule has 2 heterocycles. The second-order valence-corrected chi connectivity index (χ2v) is 7.38. The Balaban J connectivity index is 0.00000169. The monoisotopic (exact) mass is 347 g/mol. The van der Waals surface area contributed by atoms with Gasteiger partial charge in [0, 0.05) is 25.7 Å². The van der Waals surface area contributed by atoms with Crippen molar-refractivity contribution in [3.63, 3.8) is 0 Å². The quantitative estimate of drug-likeness (QED) is 0.872. The molecule has 0 radical (unpaired) electrons. The van der Waals surface area contributed by atoms with Gasteiger partial charge in [-0.25, -0.2) is 9.67 Å². The summed E-state index contributed by atoms with van der Waals surface area (Å²) >= 11 is 0. The van der Waals surface area contributed by atoms with Crippen LogP contribution in [0.3, 0.4) is 0 Å². The lowest BCUT2D eigenvalue weighted by Crippen LogP contribution is -2.38. The highest BCUT2D eigenvalue weighted by molar-refractivity contribution is 5.85. The van der Waals surface area contributed by atoms with Crippen molar-refractivity contribution in [2.45, 2.75) is 38.8 Å². The van der Waals surface area contributed by atoms with Gasteiger partial charge in [0.15, 0.2) is 0 Å². The number of hydrogen-bond donors (Lipinski definition) is 1. The molecule has 4 rings (SSSR count). The van der Waals surface area contributed by atoms with Crippen LogP contribution in [0.2, 0.25) is 0 Å². The largest absolute Gasteiger partial charge is 0.316 e. The van der Waals surface area contributed by atoms with Crippen molar-refractivity contribution in [2.75, 3.05) is 19.6 Å². The van der Waals surface area contributed by atoms with E-state index in [0.29, 0.717) is 5.41 Å². The maximum Gasteiger partial charge on any atom is 0.138 e. The van der Waals surface area contributed by atoms with E-state index in [1.54, 1.807) is 17.3 Å². The van der Waals surface area contributed by atoms with Crippen molar-refractivity contribution in [3.05, 3.63) is 42.5 Å². The van der Waals surface area contributed by atoms with Crippen LogP contribution in [0.15, 0.2) is 36.9 Å². The summed E-state index contributed by atoms with van der Waals surface area (Å²) in [5.74, 6) is 0. The van der Waals surface area contributed by atoms with Crippen molar-refractivity contribution in [1.29, 1.82) is 0 Å². The van der Waals surface area contributed by atoms with Gasteiger partial charge < -0.3 is 5.32 Å². The molecule has 1 saturated heterocycles. The molecule has 1 aliphatic carbocycles. The van der Waals surface area contributed by atoms with Crippen molar-refractivity contribution >= 4 is 12.4 Å². The molecule has 1 unspecified atom stereocenters. The molecule has 5 nitrogen and oxygen atoms in total. The van der Waals surface area contributed by atoms with Gasteiger partial charge in [-0.2, -0.15) is 5.10 Å². The zero-order chi connectivity index (χ0) is 15.7. The standard InChI is InChI=1S/C18H25N5.ClH/c1-18(8-9-19-11-18)12-22(16-6-7-16)10-15-2-4-17(5-3-15)23-14-20-13-21-23;/h2-5,13-14,16,19H,6-12H2,1H3;1H. The minimum absolute atomic E-state index is 0. The van der Waals surface area contributed by atoms with E-state index in [4.69, 9.17) is 0 Å². The average Bonchev–Trinajstić information content (AvgIpc) is 3.08. The number of aromatic nitrogens is 3. The summed E-state index contributed by atoms with van der Waals surface area (Å²) in [7, 11) is 0. The van der Waals surface area contributed by atoms with Gasteiger partial charge in [0.2, 0.25) is 0 Å². The normalized spacial score (nSPS) is 23.4. The van der Waals surface area contributed by atoms with Crippen LogP contribution < -0.4 is 5.32 Å². The van der Waals surface area contributed by atoms with E-state index in [0.717, 1.165) is 24.8 Å². The number of rotatable bonds is 6. The fourth-order valence-electron chi connectivity index (χ4n) is 3.58. The molecule has 1 aromatic heterocycles. The molecule has 2 fully saturated rings. The minimum Gasteiger partial charge on any atom is -0.316 e. The number of hydrogen-bond acceptors (Lipinski definition) is 4. The molecule has 130 valence electrons. The van der Waals surface area contributed by atoms with E-state index in [1.807, 2.05) is 0 Å². The molecular weight excluding hydrogens is 322 g/mol. The highest BCUT2D eigenvalue weighted by Gasteiger charge is 2.36. The number of benzene rings is 1. The van der Waals surface area contributed by atoms with Crippen LogP contribution in [0.1, 0.15) is 31.7 Å². The Hall–Kier alpha value is -1.43. The van der Waals surface area contributed by atoms with Crippen LogP contribution >= 0.6 is 12.4 Å². The average molecular weight is 348 g/mol. The first-order valence-corrected chi connectivity index (χ1v) is 8.61. The van der Waals surface area contributed by atoms with Gasteiger partial charge >= 0.3 is 0 Å². The fraction of sp³-hybridized carbons (Fsp3) is 0.556. The van der Waals surface area contributed by atoms with Crippen LogP contribution in [0, 0.1) is 5.41 Å². The minimum atomic E-state index is 0. The van der Waals surface area contributed by atoms with Crippen molar-refractivity contribution in [3.8, 4) is 5.69 Å².